The van der Waals surface area contributed by atoms with Crippen LogP contribution in [-0.4, -0.2) is 22.2 Å². The second-order valence-corrected chi connectivity index (χ2v) is 5.35. The number of aliphatic imine (C=N–C) groups is 1. The molecule has 0 aliphatic carbocycles. The summed E-state index contributed by atoms with van der Waals surface area (Å²) < 4.78 is 0. The van der Waals surface area contributed by atoms with E-state index in [9.17, 15) is 0 Å². The standard InChI is InChI=1S/C19H19N5/c20-18-16(13-23-19(21)24-18)11-12-22-17(14-7-3-1-4-8-14)15-9-5-2-6-10-15/h1-10,13H,11-12H2,(H4,20,21,23,24). The predicted octanol–water partition coefficient (Wildman–Crippen LogP) is 2.72. The number of benzene rings is 2. The Morgan fingerprint density at radius 1 is 0.875 bits per heavy atom. The molecule has 0 spiro atoms. The minimum Gasteiger partial charge on any atom is -0.383 e. The number of nitrogens with two attached hydrogens (primary N) is 2. The van der Waals surface area contributed by atoms with Crippen molar-refractivity contribution in [1.29, 1.82) is 0 Å². The molecule has 0 bridgehead atoms. The van der Waals surface area contributed by atoms with Crippen molar-refractivity contribution in [2.24, 2.45) is 4.99 Å². The number of aromatic nitrogens is 2. The second kappa shape index (κ2) is 7.37. The van der Waals surface area contributed by atoms with Crippen LogP contribution in [0.3, 0.4) is 0 Å². The highest BCUT2D eigenvalue weighted by molar-refractivity contribution is 6.12. The molecule has 5 heteroatoms. The number of rotatable bonds is 5. The van der Waals surface area contributed by atoms with E-state index in [2.05, 4.69) is 34.2 Å². The molecule has 0 aliphatic heterocycles. The highest BCUT2D eigenvalue weighted by atomic mass is 15.0. The van der Waals surface area contributed by atoms with Gasteiger partial charge < -0.3 is 11.5 Å². The van der Waals surface area contributed by atoms with Crippen LogP contribution in [-0.2, 0) is 6.42 Å². The molecule has 0 fully saturated rings. The van der Waals surface area contributed by atoms with Crippen molar-refractivity contribution in [2.75, 3.05) is 18.0 Å². The molecule has 1 heterocycles. The molecule has 1 aromatic heterocycles. The topological polar surface area (TPSA) is 90.2 Å². The van der Waals surface area contributed by atoms with Gasteiger partial charge in [-0.05, 0) is 6.42 Å². The normalized spacial score (nSPS) is 10.3. The zero-order chi connectivity index (χ0) is 16.8. The van der Waals surface area contributed by atoms with Crippen molar-refractivity contribution in [3.8, 4) is 0 Å². The largest absolute Gasteiger partial charge is 0.383 e. The summed E-state index contributed by atoms with van der Waals surface area (Å²) >= 11 is 0. The monoisotopic (exact) mass is 317 g/mol. The summed E-state index contributed by atoms with van der Waals surface area (Å²) in [6.07, 6.45) is 2.33. The Morgan fingerprint density at radius 2 is 1.46 bits per heavy atom. The Labute approximate surface area is 141 Å². The Kier molecular flexibility index (Phi) is 4.81. The molecule has 3 rings (SSSR count). The molecule has 24 heavy (non-hydrogen) atoms. The Bertz CT molecular complexity index is 787. The smallest absolute Gasteiger partial charge is 0.221 e. The first-order valence-corrected chi connectivity index (χ1v) is 7.76. The van der Waals surface area contributed by atoms with Gasteiger partial charge in [0.05, 0.1) is 5.71 Å². The lowest BCUT2D eigenvalue weighted by molar-refractivity contribution is 0.949. The van der Waals surface area contributed by atoms with E-state index >= 15 is 0 Å². The Hall–Kier alpha value is -3.21. The van der Waals surface area contributed by atoms with Crippen molar-refractivity contribution in [2.45, 2.75) is 6.42 Å². The summed E-state index contributed by atoms with van der Waals surface area (Å²) in [5.41, 5.74) is 15.4. The van der Waals surface area contributed by atoms with Crippen LogP contribution < -0.4 is 11.5 Å². The number of hydrogen-bond donors (Lipinski definition) is 2. The SMILES string of the molecule is Nc1ncc(CCN=C(c2ccccc2)c2ccccc2)c(N)n1. The lowest BCUT2D eigenvalue weighted by Gasteiger charge is -2.08. The van der Waals surface area contributed by atoms with Crippen molar-refractivity contribution in [3.63, 3.8) is 0 Å². The molecule has 0 unspecified atom stereocenters. The van der Waals surface area contributed by atoms with Gasteiger partial charge in [-0.1, -0.05) is 60.7 Å². The third-order valence-electron chi connectivity index (χ3n) is 3.66. The number of nitrogen functional groups attached to an aromatic ring is 2. The highest BCUT2D eigenvalue weighted by Crippen LogP contribution is 2.13. The highest BCUT2D eigenvalue weighted by Gasteiger charge is 2.07. The van der Waals surface area contributed by atoms with E-state index in [1.807, 2.05) is 36.4 Å². The van der Waals surface area contributed by atoms with Gasteiger partial charge >= 0.3 is 0 Å². The van der Waals surface area contributed by atoms with Crippen LogP contribution in [0.4, 0.5) is 11.8 Å². The predicted molar refractivity (Wildman–Crippen MR) is 98.0 cm³/mol. The summed E-state index contributed by atoms with van der Waals surface area (Å²) in [7, 11) is 0. The molecule has 120 valence electrons. The van der Waals surface area contributed by atoms with Crippen LogP contribution in [0.25, 0.3) is 0 Å². The Morgan fingerprint density at radius 3 is 2.00 bits per heavy atom. The van der Waals surface area contributed by atoms with Crippen LogP contribution in [0.5, 0.6) is 0 Å². The summed E-state index contributed by atoms with van der Waals surface area (Å²) in [6.45, 7) is 0.594. The second-order valence-electron chi connectivity index (χ2n) is 5.35. The van der Waals surface area contributed by atoms with Crippen molar-refractivity contribution in [1.82, 2.24) is 9.97 Å². The van der Waals surface area contributed by atoms with Gasteiger partial charge in [-0.25, -0.2) is 4.98 Å². The lowest BCUT2D eigenvalue weighted by atomic mass is 10.0. The molecule has 5 nitrogen and oxygen atoms in total. The van der Waals surface area contributed by atoms with Crippen LogP contribution in [0.15, 0.2) is 71.9 Å². The fourth-order valence-corrected chi connectivity index (χ4v) is 2.46. The summed E-state index contributed by atoms with van der Waals surface area (Å²) in [5.74, 6) is 0.604. The average molecular weight is 317 g/mol. The van der Waals surface area contributed by atoms with Crippen LogP contribution in [0.1, 0.15) is 16.7 Å². The molecule has 3 aromatic rings. The minimum atomic E-state index is 0.189. The van der Waals surface area contributed by atoms with E-state index < -0.39 is 0 Å². The zero-order valence-electron chi connectivity index (χ0n) is 13.3. The first-order chi connectivity index (χ1) is 11.7. The third-order valence-corrected chi connectivity index (χ3v) is 3.66. The average Bonchev–Trinajstić information content (AvgIpc) is 2.62. The zero-order valence-corrected chi connectivity index (χ0v) is 13.3. The van der Waals surface area contributed by atoms with Gasteiger partial charge in [-0.15, -0.1) is 0 Å². The van der Waals surface area contributed by atoms with Gasteiger partial charge in [0, 0.05) is 29.4 Å². The summed E-state index contributed by atoms with van der Waals surface area (Å²) in [4.78, 5) is 12.8. The molecule has 0 aliphatic rings. The van der Waals surface area contributed by atoms with Gasteiger partial charge in [0.15, 0.2) is 0 Å². The number of hydrogen-bond acceptors (Lipinski definition) is 5. The molecule has 0 amide bonds. The molecule has 0 saturated heterocycles. The van der Waals surface area contributed by atoms with E-state index in [1.165, 1.54) is 0 Å². The molecule has 0 radical (unpaired) electrons. The molecule has 0 atom stereocenters. The first kappa shape index (κ1) is 15.7. The molecular weight excluding hydrogens is 298 g/mol. The maximum Gasteiger partial charge on any atom is 0.221 e. The first-order valence-electron chi connectivity index (χ1n) is 7.76. The van der Waals surface area contributed by atoms with E-state index in [4.69, 9.17) is 16.5 Å². The van der Waals surface area contributed by atoms with Crippen LogP contribution in [0.2, 0.25) is 0 Å². The number of nitrogens with zero attached hydrogens (tertiary/aromatic N) is 3. The van der Waals surface area contributed by atoms with E-state index in [0.717, 1.165) is 22.4 Å². The number of anilines is 2. The lowest BCUT2D eigenvalue weighted by Crippen LogP contribution is -2.07. The quantitative estimate of drug-likeness (QED) is 0.708. The molecule has 4 N–H and O–H groups in total. The van der Waals surface area contributed by atoms with Gasteiger partial charge in [0.2, 0.25) is 5.95 Å². The fraction of sp³-hybridized carbons (Fsp3) is 0.105. The fourth-order valence-electron chi connectivity index (χ4n) is 2.46. The van der Waals surface area contributed by atoms with Crippen molar-refractivity contribution in [3.05, 3.63) is 83.6 Å². The summed E-state index contributed by atoms with van der Waals surface area (Å²) in [5, 5.41) is 0. The van der Waals surface area contributed by atoms with E-state index in [1.54, 1.807) is 6.20 Å². The summed E-state index contributed by atoms with van der Waals surface area (Å²) in [6, 6.07) is 20.3. The van der Waals surface area contributed by atoms with Gasteiger partial charge in [-0.3, -0.25) is 4.99 Å². The molecule has 0 saturated carbocycles. The maximum absolute atomic E-state index is 5.88. The van der Waals surface area contributed by atoms with Gasteiger partial charge in [0.25, 0.3) is 0 Å². The maximum atomic E-state index is 5.88. The third kappa shape index (κ3) is 3.76. The van der Waals surface area contributed by atoms with Crippen LogP contribution in [0, 0.1) is 0 Å². The molecular formula is C19H19N5. The van der Waals surface area contributed by atoms with Gasteiger partial charge in [0.1, 0.15) is 5.82 Å². The minimum absolute atomic E-state index is 0.189. The van der Waals surface area contributed by atoms with Crippen molar-refractivity contribution < 1.29 is 0 Å². The Balaban J connectivity index is 1.85. The van der Waals surface area contributed by atoms with Crippen LogP contribution >= 0.6 is 0 Å². The van der Waals surface area contributed by atoms with Gasteiger partial charge in [-0.2, -0.15) is 4.98 Å². The molecule has 2 aromatic carbocycles. The van der Waals surface area contributed by atoms with E-state index in [0.29, 0.717) is 18.8 Å². The van der Waals surface area contributed by atoms with E-state index in [-0.39, 0.29) is 5.95 Å². The van der Waals surface area contributed by atoms with Crippen molar-refractivity contribution >= 4 is 17.5 Å².